The molecule has 0 saturated carbocycles. The average Bonchev–Trinajstić information content (AvgIpc) is 2.40. The molecular weight excluding hydrogens is 236 g/mol. The highest BCUT2D eigenvalue weighted by atomic mass is 16.5. The van der Waals surface area contributed by atoms with Crippen molar-refractivity contribution >= 4 is 11.9 Å². The molecule has 1 aromatic rings. The molecule has 0 radical (unpaired) electrons. The van der Waals surface area contributed by atoms with Crippen LogP contribution in [0.2, 0.25) is 0 Å². The van der Waals surface area contributed by atoms with E-state index in [0.29, 0.717) is 19.2 Å². The number of carboxylic acids is 1. The number of nitrogens with zero attached hydrogens (tertiary/aromatic N) is 3. The largest absolute Gasteiger partial charge is 0.480 e. The van der Waals surface area contributed by atoms with Gasteiger partial charge >= 0.3 is 5.97 Å². The van der Waals surface area contributed by atoms with Gasteiger partial charge in [0.05, 0.1) is 13.2 Å². The first-order valence-electron chi connectivity index (χ1n) is 5.79. The molecule has 1 saturated heterocycles. The number of hydrogen-bond acceptors (Lipinski definition) is 6. The predicted molar refractivity (Wildman–Crippen MR) is 64.4 cm³/mol. The van der Waals surface area contributed by atoms with Crippen molar-refractivity contribution < 1.29 is 14.6 Å². The number of carbonyl (C=O) groups is 1. The van der Waals surface area contributed by atoms with Crippen LogP contribution in [0.15, 0.2) is 12.4 Å². The van der Waals surface area contributed by atoms with Gasteiger partial charge in [-0.25, -0.2) is 9.97 Å². The molecule has 0 amide bonds. The maximum absolute atomic E-state index is 10.6. The Hall–Kier alpha value is -1.73. The summed E-state index contributed by atoms with van der Waals surface area (Å²) in [5.74, 6) is -0.377. The summed E-state index contributed by atoms with van der Waals surface area (Å²) in [7, 11) is 0. The summed E-state index contributed by atoms with van der Waals surface area (Å²) >= 11 is 0. The number of hydrogen-bond donors (Lipinski definition) is 2. The third kappa shape index (κ3) is 3.14. The smallest absolute Gasteiger partial charge is 0.320 e. The zero-order chi connectivity index (χ0) is 13.0. The monoisotopic (exact) mass is 252 g/mol. The Bertz CT molecular complexity index is 403. The molecule has 0 spiro atoms. The Morgan fingerprint density at radius 3 is 2.61 bits per heavy atom. The summed E-state index contributed by atoms with van der Waals surface area (Å²) in [4.78, 5) is 21.1. The first-order chi connectivity index (χ1) is 8.66. The van der Waals surface area contributed by atoms with Gasteiger partial charge in [0.25, 0.3) is 0 Å². The lowest BCUT2D eigenvalue weighted by Gasteiger charge is -2.26. The number of aromatic nitrogens is 2. The van der Waals surface area contributed by atoms with Gasteiger partial charge in [0.15, 0.2) is 0 Å². The minimum Gasteiger partial charge on any atom is -0.480 e. The quantitative estimate of drug-likeness (QED) is 0.728. The maximum atomic E-state index is 10.6. The van der Waals surface area contributed by atoms with Crippen molar-refractivity contribution in [3.63, 3.8) is 0 Å². The fourth-order valence-electron chi connectivity index (χ4n) is 1.72. The zero-order valence-electron chi connectivity index (χ0n) is 9.95. The fourth-order valence-corrected chi connectivity index (χ4v) is 1.72. The normalized spacial score (nSPS) is 17.5. The molecule has 7 nitrogen and oxygen atoms in total. The van der Waals surface area contributed by atoms with Crippen molar-refractivity contribution in [3.8, 4) is 0 Å². The summed E-state index contributed by atoms with van der Waals surface area (Å²) in [5, 5.41) is 8.71. The number of nitrogens with two attached hydrogens (primary N) is 1. The molecular formula is C11H16N4O3. The van der Waals surface area contributed by atoms with Crippen molar-refractivity contribution in [3.05, 3.63) is 18.0 Å². The Balaban J connectivity index is 1.98. The van der Waals surface area contributed by atoms with E-state index in [0.717, 1.165) is 18.7 Å². The molecule has 18 heavy (non-hydrogen) atoms. The van der Waals surface area contributed by atoms with E-state index in [1.54, 1.807) is 12.4 Å². The fraction of sp³-hybridized carbons (Fsp3) is 0.545. The van der Waals surface area contributed by atoms with Crippen molar-refractivity contribution in [1.29, 1.82) is 0 Å². The average molecular weight is 252 g/mol. The molecule has 2 rings (SSSR count). The van der Waals surface area contributed by atoms with Crippen molar-refractivity contribution in [2.24, 2.45) is 5.73 Å². The third-order valence-electron chi connectivity index (χ3n) is 2.76. The highest BCUT2D eigenvalue weighted by Crippen LogP contribution is 2.10. The van der Waals surface area contributed by atoms with Gasteiger partial charge in [-0.2, -0.15) is 0 Å². The van der Waals surface area contributed by atoms with Crippen LogP contribution in [-0.4, -0.2) is 53.4 Å². The molecule has 98 valence electrons. The molecule has 1 aromatic heterocycles. The van der Waals surface area contributed by atoms with Crippen LogP contribution in [0.5, 0.6) is 0 Å². The third-order valence-corrected chi connectivity index (χ3v) is 2.76. The molecule has 0 bridgehead atoms. The number of rotatable bonds is 4. The molecule has 0 aliphatic carbocycles. The van der Waals surface area contributed by atoms with E-state index in [4.69, 9.17) is 15.6 Å². The van der Waals surface area contributed by atoms with E-state index in [1.165, 1.54) is 0 Å². The molecule has 1 aliphatic rings. The molecule has 1 aliphatic heterocycles. The van der Waals surface area contributed by atoms with Gasteiger partial charge in [-0.05, 0) is 5.56 Å². The molecule has 0 aromatic carbocycles. The Morgan fingerprint density at radius 1 is 1.44 bits per heavy atom. The highest BCUT2D eigenvalue weighted by Gasteiger charge is 2.15. The van der Waals surface area contributed by atoms with Gasteiger partial charge in [0.2, 0.25) is 5.95 Å². The number of aliphatic carboxylic acids is 1. The summed E-state index contributed by atoms with van der Waals surface area (Å²) < 4.78 is 5.24. The van der Waals surface area contributed by atoms with Crippen LogP contribution in [-0.2, 0) is 16.0 Å². The van der Waals surface area contributed by atoms with E-state index in [1.807, 2.05) is 4.90 Å². The standard InChI is InChI=1S/C11H16N4O3/c12-9(10(16)17)5-8-6-13-11(14-7-8)15-1-3-18-4-2-15/h6-7,9H,1-5,12H2,(H,16,17). The minimum atomic E-state index is -1.02. The molecule has 2 heterocycles. The summed E-state index contributed by atoms with van der Waals surface area (Å²) in [6, 6.07) is -0.914. The maximum Gasteiger partial charge on any atom is 0.320 e. The van der Waals surface area contributed by atoms with E-state index < -0.39 is 12.0 Å². The Morgan fingerprint density at radius 2 is 2.06 bits per heavy atom. The van der Waals surface area contributed by atoms with Gasteiger partial charge in [-0.3, -0.25) is 4.79 Å². The van der Waals surface area contributed by atoms with Crippen molar-refractivity contribution in [2.45, 2.75) is 12.5 Å². The van der Waals surface area contributed by atoms with Gasteiger partial charge in [0, 0.05) is 31.9 Å². The lowest BCUT2D eigenvalue weighted by Crippen LogP contribution is -2.37. The van der Waals surface area contributed by atoms with Crippen molar-refractivity contribution in [1.82, 2.24) is 9.97 Å². The van der Waals surface area contributed by atoms with Crippen LogP contribution in [0.4, 0.5) is 5.95 Å². The molecule has 1 atom stereocenters. The zero-order valence-corrected chi connectivity index (χ0v) is 9.95. The van der Waals surface area contributed by atoms with E-state index >= 15 is 0 Å². The van der Waals surface area contributed by atoms with Gasteiger partial charge < -0.3 is 20.5 Å². The molecule has 7 heteroatoms. The Labute approximate surface area is 105 Å². The first kappa shape index (κ1) is 12.7. The van der Waals surface area contributed by atoms with Crippen LogP contribution in [0, 0.1) is 0 Å². The number of ether oxygens (including phenoxy) is 1. The van der Waals surface area contributed by atoms with Gasteiger partial charge in [0.1, 0.15) is 6.04 Å². The van der Waals surface area contributed by atoms with Crippen LogP contribution in [0.25, 0.3) is 0 Å². The van der Waals surface area contributed by atoms with E-state index in [-0.39, 0.29) is 6.42 Å². The number of anilines is 1. The number of morpholine rings is 1. The lowest BCUT2D eigenvalue weighted by atomic mass is 10.1. The minimum absolute atomic E-state index is 0.235. The van der Waals surface area contributed by atoms with E-state index in [9.17, 15) is 4.79 Å². The van der Waals surface area contributed by atoms with Crippen LogP contribution in [0.3, 0.4) is 0 Å². The second-order valence-electron chi connectivity index (χ2n) is 4.14. The van der Waals surface area contributed by atoms with Crippen LogP contribution < -0.4 is 10.6 Å². The predicted octanol–water partition coefficient (Wildman–Crippen LogP) is -0.732. The first-order valence-corrected chi connectivity index (χ1v) is 5.79. The molecule has 1 unspecified atom stereocenters. The van der Waals surface area contributed by atoms with Gasteiger partial charge in [-0.15, -0.1) is 0 Å². The van der Waals surface area contributed by atoms with E-state index in [2.05, 4.69) is 9.97 Å². The SMILES string of the molecule is NC(Cc1cnc(N2CCOCC2)nc1)C(=O)O. The lowest BCUT2D eigenvalue weighted by molar-refractivity contribution is -0.138. The van der Waals surface area contributed by atoms with Crippen LogP contribution >= 0.6 is 0 Å². The van der Waals surface area contributed by atoms with Crippen molar-refractivity contribution in [2.75, 3.05) is 31.2 Å². The molecule has 1 fully saturated rings. The highest BCUT2D eigenvalue weighted by molar-refractivity contribution is 5.73. The topological polar surface area (TPSA) is 102 Å². The second kappa shape index (κ2) is 5.74. The Kier molecular flexibility index (Phi) is 4.06. The summed E-state index contributed by atoms with van der Waals surface area (Å²) in [5.41, 5.74) is 6.17. The second-order valence-corrected chi connectivity index (χ2v) is 4.14. The molecule has 3 N–H and O–H groups in total. The number of carboxylic acid groups (broad SMARTS) is 1. The van der Waals surface area contributed by atoms with Gasteiger partial charge in [-0.1, -0.05) is 0 Å². The van der Waals surface area contributed by atoms with Crippen LogP contribution in [0.1, 0.15) is 5.56 Å². The summed E-state index contributed by atoms with van der Waals surface area (Å²) in [6.45, 7) is 2.89. The summed E-state index contributed by atoms with van der Waals surface area (Å²) in [6.07, 6.45) is 3.49.